The molecule has 2 heterocycles. The molecule has 1 fully saturated rings. The molecule has 0 bridgehead atoms. The van der Waals surface area contributed by atoms with Crippen LogP contribution in [0.2, 0.25) is 0 Å². The third-order valence-corrected chi connectivity index (χ3v) is 3.82. The molecule has 7 nitrogen and oxygen atoms in total. The quantitative estimate of drug-likeness (QED) is 0.769. The Kier molecular flexibility index (Phi) is 4.16. The van der Waals surface area contributed by atoms with Crippen molar-refractivity contribution in [1.29, 1.82) is 0 Å². The van der Waals surface area contributed by atoms with Crippen LogP contribution in [0.4, 0.5) is 0 Å². The topological polar surface area (TPSA) is 86.3 Å². The number of amides is 1. The van der Waals surface area contributed by atoms with Crippen LogP contribution in [0.25, 0.3) is 0 Å². The van der Waals surface area contributed by atoms with E-state index in [0.29, 0.717) is 13.2 Å². The van der Waals surface area contributed by atoms with Crippen molar-refractivity contribution in [2.24, 2.45) is 5.73 Å². The second-order valence-electron chi connectivity index (χ2n) is 4.90. The molecule has 1 aliphatic heterocycles. The molecular weight excluding hydrogens is 246 g/mol. The van der Waals surface area contributed by atoms with Crippen LogP contribution < -0.4 is 5.73 Å². The lowest BCUT2D eigenvalue weighted by atomic mass is 9.96. The number of primary amides is 1. The first-order valence-corrected chi connectivity index (χ1v) is 6.55. The van der Waals surface area contributed by atoms with Gasteiger partial charge >= 0.3 is 0 Å². The average Bonchev–Trinajstić information content (AvgIpc) is 2.98. The molecule has 1 amide bonds. The van der Waals surface area contributed by atoms with Crippen molar-refractivity contribution in [3.05, 3.63) is 11.9 Å². The normalized spacial score (nSPS) is 23.9. The van der Waals surface area contributed by atoms with E-state index >= 15 is 0 Å². The van der Waals surface area contributed by atoms with Crippen LogP contribution >= 0.6 is 0 Å². The van der Waals surface area contributed by atoms with E-state index in [4.69, 9.17) is 10.5 Å². The lowest BCUT2D eigenvalue weighted by Crippen LogP contribution is -2.56. The van der Waals surface area contributed by atoms with Gasteiger partial charge in [-0.25, -0.2) is 4.68 Å². The summed E-state index contributed by atoms with van der Waals surface area (Å²) in [4.78, 5) is 14.0. The van der Waals surface area contributed by atoms with Gasteiger partial charge in [-0.05, 0) is 26.3 Å². The van der Waals surface area contributed by atoms with Crippen LogP contribution in [0.15, 0.2) is 6.20 Å². The SMILES string of the molecule is CCn1nncc1CN1CCCC1(COC)C(N)=O. The molecule has 2 N–H and O–H groups in total. The second-order valence-corrected chi connectivity index (χ2v) is 4.90. The van der Waals surface area contributed by atoms with Gasteiger partial charge in [-0.1, -0.05) is 5.21 Å². The summed E-state index contributed by atoms with van der Waals surface area (Å²) in [6, 6.07) is 0. The number of hydrogen-bond donors (Lipinski definition) is 1. The van der Waals surface area contributed by atoms with Crippen molar-refractivity contribution >= 4 is 5.91 Å². The lowest BCUT2D eigenvalue weighted by molar-refractivity contribution is -0.132. The van der Waals surface area contributed by atoms with Gasteiger partial charge < -0.3 is 10.5 Å². The standard InChI is InChI=1S/C12H21N5O2/c1-3-17-10(7-14-15-17)8-16-6-4-5-12(16,9-19-2)11(13)18/h7H,3-6,8-9H2,1-2H3,(H2,13,18). The number of aromatic nitrogens is 3. The highest BCUT2D eigenvalue weighted by Crippen LogP contribution is 2.31. The summed E-state index contributed by atoms with van der Waals surface area (Å²) >= 11 is 0. The summed E-state index contributed by atoms with van der Waals surface area (Å²) in [6.07, 6.45) is 3.42. The van der Waals surface area contributed by atoms with Crippen molar-refractivity contribution in [2.45, 2.75) is 38.4 Å². The van der Waals surface area contributed by atoms with Crippen LogP contribution in [0.3, 0.4) is 0 Å². The molecule has 1 aromatic heterocycles. The number of aryl methyl sites for hydroxylation is 1. The monoisotopic (exact) mass is 267 g/mol. The van der Waals surface area contributed by atoms with Crippen molar-refractivity contribution in [3.63, 3.8) is 0 Å². The van der Waals surface area contributed by atoms with Crippen molar-refractivity contribution in [2.75, 3.05) is 20.3 Å². The summed E-state index contributed by atoms with van der Waals surface area (Å²) in [5.41, 5.74) is 5.91. The molecule has 1 saturated heterocycles. The van der Waals surface area contributed by atoms with Crippen LogP contribution in [0, 0.1) is 0 Å². The molecule has 0 aromatic carbocycles. The molecule has 0 saturated carbocycles. The zero-order valence-electron chi connectivity index (χ0n) is 11.5. The molecule has 1 atom stereocenters. The fraction of sp³-hybridized carbons (Fsp3) is 0.750. The maximum atomic E-state index is 11.9. The zero-order valence-corrected chi connectivity index (χ0v) is 11.5. The van der Waals surface area contributed by atoms with Gasteiger partial charge in [-0.15, -0.1) is 5.10 Å². The number of likely N-dealkylation sites (tertiary alicyclic amines) is 1. The molecule has 1 aromatic rings. The fourth-order valence-corrected chi connectivity index (χ4v) is 2.78. The maximum Gasteiger partial charge on any atom is 0.240 e. The average molecular weight is 267 g/mol. The molecular formula is C12H21N5O2. The van der Waals surface area contributed by atoms with Crippen molar-refractivity contribution in [1.82, 2.24) is 19.9 Å². The van der Waals surface area contributed by atoms with Crippen molar-refractivity contribution in [3.8, 4) is 0 Å². The molecule has 2 rings (SSSR count). The summed E-state index contributed by atoms with van der Waals surface area (Å²) in [7, 11) is 1.60. The van der Waals surface area contributed by atoms with Crippen LogP contribution in [-0.4, -0.2) is 51.6 Å². The van der Waals surface area contributed by atoms with Crippen LogP contribution in [0.5, 0.6) is 0 Å². The number of nitrogens with two attached hydrogens (primary N) is 1. The molecule has 0 radical (unpaired) electrons. The summed E-state index contributed by atoms with van der Waals surface area (Å²) in [5.74, 6) is -0.317. The fourth-order valence-electron chi connectivity index (χ4n) is 2.78. The third-order valence-electron chi connectivity index (χ3n) is 3.82. The highest BCUT2D eigenvalue weighted by molar-refractivity contribution is 5.85. The first-order chi connectivity index (χ1) is 9.14. The number of nitrogens with zero attached hydrogens (tertiary/aromatic N) is 4. The van der Waals surface area contributed by atoms with E-state index in [1.165, 1.54) is 0 Å². The van der Waals surface area contributed by atoms with Gasteiger partial charge in [0.1, 0.15) is 5.54 Å². The van der Waals surface area contributed by atoms with E-state index in [0.717, 1.165) is 31.6 Å². The number of hydrogen-bond acceptors (Lipinski definition) is 5. The molecule has 106 valence electrons. The van der Waals surface area contributed by atoms with Gasteiger partial charge in [-0.3, -0.25) is 9.69 Å². The first kappa shape index (κ1) is 14.0. The molecule has 1 unspecified atom stereocenters. The van der Waals surface area contributed by atoms with Gasteiger partial charge in [0.15, 0.2) is 0 Å². The van der Waals surface area contributed by atoms with E-state index in [1.54, 1.807) is 13.3 Å². The van der Waals surface area contributed by atoms with Crippen molar-refractivity contribution < 1.29 is 9.53 Å². The Morgan fingerprint density at radius 1 is 1.63 bits per heavy atom. The summed E-state index contributed by atoms with van der Waals surface area (Å²) in [6.45, 7) is 4.56. The summed E-state index contributed by atoms with van der Waals surface area (Å²) < 4.78 is 7.05. The Bertz CT molecular complexity index is 447. The predicted molar refractivity (Wildman–Crippen MR) is 69.1 cm³/mol. The van der Waals surface area contributed by atoms with E-state index in [2.05, 4.69) is 15.2 Å². The molecule has 7 heteroatoms. The molecule has 1 aliphatic rings. The zero-order chi connectivity index (χ0) is 13.9. The van der Waals surface area contributed by atoms with Gasteiger partial charge in [0.2, 0.25) is 5.91 Å². The number of ether oxygens (including phenoxy) is 1. The van der Waals surface area contributed by atoms with Crippen LogP contribution in [-0.2, 0) is 22.6 Å². The predicted octanol–water partition coefficient (Wildman–Crippen LogP) is -0.236. The number of carbonyl (C=O) groups excluding carboxylic acids is 1. The Balaban J connectivity index is 2.20. The third kappa shape index (κ3) is 2.48. The van der Waals surface area contributed by atoms with E-state index in [9.17, 15) is 4.79 Å². The first-order valence-electron chi connectivity index (χ1n) is 6.55. The molecule has 0 aliphatic carbocycles. The van der Waals surface area contributed by atoms with E-state index in [1.807, 2.05) is 11.6 Å². The van der Waals surface area contributed by atoms with Gasteiger partial charge in [0.25, 0.3) is 0 Å². The second kappa shape index (κ2) is 5.66. The van der Waals surface area contributed by atoms with Gasteiger partial charge in [-0.2, -0.15) is 0 Å². The Hall–Kier alpha value is -1.47. The van der Waals surface area contributed by atoms with Gasteiger partial charge in [0.05, 0.1) is 18.5 Å². The Labute approximate surface area is 112 Å². The van der Waals surface area contributed by atoms with Crippen LogP contribution in [0.1, 0.15) is 25.5 Å². The minimum absolute atomic E-state index is 0.317. The lowest BCUT2D eigenvalue weighted by Gasteiger charge is -2.34. The Morgan fingerprint density at radius 2 is 2.42 bits per heavy atom. The number of carbonyl (C=O) groups is 1. The molecule has 0 spiro atoms. The summed E-state index contributed by atoms with van der Waals surface area (Å²) in [5, 5.41) is 7.92. The highest BCUT2D eigenvalue weighted by atomic mass is 16.5. The number of methoxy groups -OCH3 is 1. The maximum absolute atomic E-state index is 11.9. The largest absolute Gasteiger partial charge is 0.382 e. The Morgan fingerprint density at radius 3 is 3.05 bits per heavy atom. The molecule has 19 heavy (non-hydrogen) atoms. The van der Waals surface area contributed by atoms with E-state index in [-0.39, 0.29) is 5.91 Å². The number of rotatable bonds is 6. The highest BCUT2D eigenvalue weighted by Gasteiger charge is 2.46. The van der Waals surface area contributed by atoms with E-state index < -0.39 is 5.54 Å². The van der Waals surface area contributed by atoms with Gasteiger partial charge in [0, 0.05) is 20.2 Å². The minimum Gasteiger partial charge on any atom is -0.382 e. The smallest absolute Gasteiger partial charge is 0.240 e. The minimum atomic E-state index is -0.697.